The lowest BCUT2D eigenvalue weighted by Crippen LogP contribution is -2.10. The molecule has 2 aromatic heterocycles. The highest BCUT2D eigenvalue weighted by Gasteiger charge is 2.16. The van der Waals surface area contributed by atoms with E-state index in [1.807, 2.05) is 48.5 Å². The number of imidazole rings is 2. The number of para-hydroxylation sites is 4. The monoisotopic (exact) mass is 264 g/mol. The van der Waals surface area contributed by atoms with Crippen LogP contribution in [0.2, 0.25) is 0 Å². The first-order valence-electron chi connectivity index (χ1n) is 6.37. The molecule has 2 heterocycles. The Kier molecular flexibility index (Phi) is 2.34. The summed E-state index contributed by atoms with van der Waals surface area (Å²) < 4.78 is 1.70. The molecule has 0 amide bonds. The van der Waals surface area contributed by atoms with Gasteiger partial charge in [0.05, 0.1) is 28.4 Å². The van der Waals surface area contributed by atoms with Crippen LogP contribution in [0.15, 0.2) is 54.9 Å². The van der Waals surface area contributed by atoms with Crippen LogP contribution in [0.1, 0.15) is 12.1 Å². The Balaban J connectivity index is 1.85. The van der Waals surface area contributed by atoms with Crippen molar-refractivity contribution in [3.8, 4) is 0 Å². The minimum atomic E-state index is -0.880. The second kappa shape index (κ2) is 4.18. The van der Waals surface area contributed by atoms with E-state index in [2.05, 4.69) is 15.0 Å². The minimum absolute atomic E-state index is 0.509. The van der Waals surface area contributed by atoms with Crippen molar-refractivity contribution in [2.75, 3.05) is 0 Å². The van der Waals surface area contributed by atoms with Gasteiger partial charge in [0, 0.05) is 0 Å². The average molecular weight is 264 g/mol. The van der Waals surface area contributed by atoms with E-state index in [0.29, 0.717) is 5.82 Å². The van der Waals surface area contributed by atoms with Crippen LogP contribution in [0, 0.1) is 0 Å². The first-order chi connectivity index (χ1) is 9.83. The van der Waals surface area contributed by atoms with E-state index in [4.69, 9.17) is 0 Å². The largest absolute Gasteiger partial charge is 0.366 e. The maximum Gasteiger partial charge on any atom is 0.191 e. The molecule has 2 N–H and O–H groups in total. The Hall–Kier alpha value is -2.66. The van der Waals surface area contributed by atoms with Crippen molar-refractivity contribution in [3.05, 3.63) is 60.7 Å². The number of aliphatic hydroxyl groups is 1. The molecule has 0 aliphatic heterocycles. The second-order valence-corrected chi connectivity index (χ2v) is 4.65. The minimum Gasteiger partial charge on any atom is -0.366 e. The van der Waals surface area contributed by atoms with Crippen molar-refractivity contribution in [1.82, 2.24) is 19.5 Å². The number of nitrogens with one attached hydrogen (secondary N) is 1. The molecule has 4 aromatic rings. The van der Waals surface area contributed by atoms with Gasteiger partial charge in [-0.3, -0.25) is 4.57 Å². The summed E-state index contributed by atoms with van der Waals surface area (Å²) in [5.74, 6) is 0.509. The first kappa shape index (κ1) is 11.2. The van der Waals surface area contributed by atoms with E-state index < -0.39 is 6.23 Å². The maximum absolute atomic E-state index is 10.5. The zero-order valence-electron chi connectivity index (χ0n) is 10.6. The predicted molar refractivity (Wildman–Crippen MR) is 76.2 cm³/mol. The van der Waals surface area contributed by atoms with Crippen LogP contribution in [0.25, 0.3) is 22.1 Å². The number of fused-ring (bicyclic) bond motifs is 2. The third-order valence-electron chi connectivity index (χ3n) is 3.40. The Morgan fingerprint density at radius 3 is 2.60 bits per heavy atom. The topological polar surface area (TPSA) is 66.7 Å². The van der Waals surface area contributed by atoms with Gasteiger partial charge in [0.25, 0.3) is 0 Å². The fourth-order valence-electron chi connectivity index (χ4n) is 2.40. The summed E-state index contributed by atoms with van der Waals surface area (Å²) in [7, 11) is 0. The number of aliphatic hydroxyl groups excluding tert-OH is 1. The number of nitrogens with zero attached hydrogens (tertiary/aromatic N) is 3. The number of hydrogen-bond donors (Lipinski definition) is 2. The van der Waals surface area contributed by atoms with Crippen LogP contribution in [-0.2, 0) is 0 Å². The lowest BCUT2D eigenvalue weighted by molar-refractivity contribution is 0.142. The van der Waals surface area contributed by atoms with Crippen LogP contribution in [0.3, 0.4) is 0 Å². The van der Waals surface area contributed by atoms with E-state index in [1.54, 1.807) is 10.9 Å². The molecular weight excluding hydrogens is 252 g/mol. The Morgan fingerprint density at radius 2 is 1.75 bits per heavy atom. The normalized spacial score (nSPS) is 13.1. The first-order valence-corrected chi connectivity index (χ1v) is 6.37. The highest BCUT2D eigenvalue weighted by atomic mass is 16.3. The molecule has 0 aliphatic rings. The van der Waals surface area contributed by atoms with Gasteiger partial charge in [0.2, 0.25) is 0 Å². The molecule has 0 spiro atoms. The van der Waals surface area contributed by atoms with Crippen molar-refractivity contribution in [2.45, 2.75) is 6.23 Å². The van der Waals surface area contributed by atoms with Gasteiger partial charge in [-0.2, -0.15) is 0 Å². The number of benzene rings is 2. The molecule has 0 saturated carbocycles. The molecular formula is C15H12N4O. The van der Waals surface area contributed by atoms with Crippen LogP contribution < -0.4 is 0 Å². The van der Waals surface area contributed by atoms with Crippen LogP contribution in [0.4, 0.5) is 0 Å². The van der Waals surface area contributed by atoms with Gasteiger partial charge in [0.15, 0.2) is 12.1 Å². The van der Waals surface area contributed by atoms with Crippen molar-refractivity contribution in [1.29, 1.82) is 0 Å². The summed E-state index contributed by atoms with van der Waals surface area (Å²) in [5, 5.41) is 10.5. The molecule has 2 aromatic carbocycles. The molecule has 4 rings (SSSR count). The fraction of sp³-hybridized carbons (Fsp3) is 0.0667. The summed E-state index contributed by atoms with van der Waals surface area (Å²) in [5.41, 5.74) is 3.47. The molecule has 98 valence electrons. The molecule has 0 saturated heterocycles. The highest BCUT2D eigenvalue weighted by Crippen LogP contribution is 2.21. The summed E-state index contributed by atoms with van der Waals surface area (Å²) in [6.45, 7) is 0. The van der Waals surface area contributed by atoms with Crippen LogP contribution in [-0.4, -0.2) is 24.6 Å². The Morgan fingerprint density at radius 1 is 1.00 bits per heavy atom. The molecule has 5 heteroatoms. The molecule has 1 unspecified atom stereocenters. The van der Waals surface area contributed by atoms with Crippen molar-refractivity contribution in [3.63, 3.8) is 0 Å². The lowest BCUT2D eigenvalue weighted by atomic mass is 10.3. The molecule has 0 bridgehead atoms. The standard InChI is InChI=1S/C15H12N4O/c20-15(14-17-10-5-1-2-6-11(10)18-14)19-9-16-12-7-3-4-8-13(12)19/h1-9,15,20H,(H,17,18). The number of rotatable bonds is 2. The van der Waals surface area contributed by atoms with E-state index in [-0.39, 0.29) is 0 Å². The molecule has 0 fully saturated rings. The second-order valence-electron chi connectivity index (χ2n) is 4.65. The van der Waals surface area contributed by atoms with Gasteiger partial charge in [0.1, 0.15) is 0 Å². The van der Waals surface area contributed by atoms with Gasteiger partial charge in [-0.1, -0.05) is 24.3 Å². The van der Waals surface area contributed by atoms with Gasteiger partial charge in [-0.25, -0.2) is 9.97 Å². The van der Waals surface area contributed by atoms with Gasteiger partial charge in [-0.05, 0) is 24.3 Å². The smallest absolute Gasteiger partial charge is 0.191 e. The highest BCUT2D eigenvalue weighted by molar-refractivity contribution is 5.76. The van der Waals surface area contributed by atoms with E-state index in [9.17, 15) is 5.11 Å². The van der Waals surface area contributed by atoms with Gasteiger partial charge >= 0.3 is 0 Å². The van der Waals surface area contributed by atoms with E-state index in [0.717, 1.165) is 22.1 Å². The Bertz CT molecular complexity index is 860. The Labute approximate surface area is 114 Å². The third-order valence-corrected chi connectivity index (χ3v) is 3.40. The number of aromatic nitrogens is 4. The van der Waals surface area contributed by atoms with Gasteiger partial charge < -0.3 is 10.1 Å². The quantitative estimate of drug-likeness (QED) is 0.584. The molecule has 5 nitrogen and oxygen atoms in total. The molecule has 0 radical (unpaired) electrons. The number of H-pyrrole nitrogens is 1. The summed E-state index contributed by atoms with van der Waals surface area (Å²) >= 11 is 0. The average Bonchev–Trinajstić information content (AvgIpc) is 3.10. The van der Waals surface area contributed by atoms with E-state index in [1.165, 1.54) is 0 Å². The zero-order valence-corrected chi connectivity index (χ0v) is 10.6. The number of aromatic amines is 1. The van der Waals surface area contributed by atoms with Crippen molar-refractivity contribution < 1.29 is 5.11 Å². The molecule has 20 heavy (non-hydrogen) atoms. The van der Waals surface area contributed by atoms with Crippen molar-refractivity contribution in [2.24, 2.45) is 0 Å². The van der Waals surface area contributed by atoms with Crippen LogP contribution >= 0.6 is 0 Å². The predicted octanol–water partition coefficient (Wildman–Crippen LogP) is 2.45. The fourth-order valence-corrected chi connectivity index (χ4v) is 2.40. The van der Waals surface area contributed by atoms with E-state index >= 15 is 0 Å². The van der Waals surface area contributed by atoms with Crippen molar-refractivity contribution >= 4 is 22.1 Å². The third kappa shape index (κ3) is 1.60. The van der Waals surface area contributed by atoms with Gasteiger partial charge in [-0.15, -0.1) is 0 Å². The number of hydrogen-bond acceptors (Lipinski definition) is 3. The summed E-state index contributed by atoms with van der Waals surface area (Å²) in [4.78, 5) is 11.8. The SMILES string of the molecule is OC(c1nc2ccccc2[nH]1)n1cnc2ccccc21. The lowest BCUT2D eigenvalue weighted by Gasteiger charge is -2.10. The maximum atomic E-state index is 10.5. The molecule has 0 aliphatic carbocycles. The molecule has 1 atom stereocenters. The summed E-state index contributed by atoms with van der Waals surface area (Å²) in [6, 6.07) is 15.4. The summed E-state index contributed by atoms with van der Waals surface area (Å²) in [6.07, 6.45) is 0.748. The zero-order chi connectivity index (χ0) is 13.5. The van der Waals surface area contributed by atoms with Crippen LogP contribution in [0.5, 0.6) is 0 Å².